The lowest BCUT2D eigenvalue weighted by molar-refractivity contribution is 0.581. The Kier molecular flexibility index (Phi) is 6.09. The highest BCUT2D eigenvalue weighted by molar-refractivity contribution is 7.89. The first-order valence-electron chi connectivity index (χ1n) is 9.02. The second kappa shape index (κ2) is 8.53. The minimum Gasteiger partial charge on any atom is -0.369 e. The number of nitrogens with one attached hydrogen (secondary N) is 3. The lowest BCUT2D eigenvalue weighted by atomic mass is 10.3. The molecule has 0 aliphatic rings. The molecule has 29 heavy (non-hydrogen) atoms. The number of nitrogens with zero attached hydrogens (tertiary/aromatic N) is 5. The summed E-state index contributed by atoms with van der Waals surface area (Å²) in [5.74, 6) is 1.84. The van der Waals surface area contributed by atoms with E-state index in [1.165, 1.54) is 6.33 Å². The number of pyridine rings is 1. The molecule has 0 aromatic carbocycles. The van der Waals surface area contributed by atoms with Crippen molar-refractivity contribution in [1.82, 2.24) is 29.5 Å². The smallest absolute Gasteiger partial charge is 0.244 e. The number of hydrogen-bond acceptors (Lipinski definition) is 8. The molecule has 0 spiro atoms. The van der Waals surface area contributed by atoms with Gasteiger partial charge in [0.15, 0.2) is 0 Å². The van der Waals surface area contributed by atoms with Gasteiger partial charge in [0.2, 0.25) is 10.0 Å². The molecule has 0 fully saturated rings. The first-order chi connectivity index (χ1) is 13.8. The van der Waals surface area contributed by atoms with Gasteiger partial charge in [-0.1, -0.05) is 0 Å². The van der Waals surface area contributed by atoms with Crippen LogP contribution in [-0.4, -0.2) is 46.2 Å². The molecule has 11 heteroatoms. The molecular weight excluding hydrogens is 392 g/mol. The van der Waals surface area contributed by atoms with Crippen LogP contribution in [0.2, 0.25) is 0 Å². The molecule has 3 aromatic heterocycles. The summed E-state index contributed by atoms with van der Waals surface area (Å²) < 4.78 is 29.2. The average molecular weight is 417 g/mol. The second-order valence-electron chi connectivity index (χ2n) is 6.58. The fourth-order valence-electron chi connectivity index (χ4n) is 2.85. The summed E-state index contributed by atoms with van der Waals surface area (Å²) >= 11 is 0. The molecule has 0 radical (unpaired) electrons. The number of aromatic nitrogens is 5. The van der Waals surface area contributed by atoms with Crippen molar-refractivity contribution in [3.8, 4) is 0 Å². The summed E-state index contributed by atoms with van der Waals surface area (Å²) in [4.78, 5) is 12.8. The summed E-state index contributed by atoms with van der Waals surface area (Å²) in [6.07, 6.45) is 3.14. The van der Waals surface area contributed by atoms with Gasteiger partial charge in [-0.2, -0.15) is 5.10 Å². The van der Waals surface area contributed by atoms with Crippen molar-refractivity contribution in [2.45, 2.75) is 25.7 Å². The van der Waals surface area contributed by atoms with E-state index in [4.69, 9.17) is 0 Å². The Morgan fingerprint density at radius 1 is 1.00 bits per heavy atom. The molecule has 0 amide bonds. The van der Waals surface area contributed by atoms with Crippen molar-refractivity contribution in [2.75, 3.05) is 23.7 Å². The van der Waals surface area contributed by atoms with Crippen LogP contribution in [0, 0.1) is 20.8 Å². The van der Waals surface area contributed by atoms with Gasteiger partial charge in [0, 0.05) is 32.4 Å². The van der Waals surface area contributed by atoms with E-state index >= 15 is 0 Å². The van der Waals surface area contributed by atoms with E-state index in [0.29, 0.717) is 35.4 Å². The Hall–Kier alpha value is -3.05. The quantitative estimate of drug-likeness (QED) is 0.473. The highest BCUT2D eigenvalue weighted by Crippen LogP contribution is 2.18. The Morgan fingerprint density at radius 2 is 1.72 bits per heavy atom. The van der Waals surface area contributed by atoms with Gasteiger partial charge < -0.3 is 10.6 Å². The maximum Gasteiger partial charge on any atom is 0.244 e. The molecule has 0 aliphatic heterocycles. The van der Waals surface area contributed by atoms with Gasteiger partial charge in [-0.3, -0.25) is 4.68 Å². The summed E-state index contributed by atoms with van der Waals surface area (Å²) in [5, 5.41) is 10.3. The monoisotopic (exact) mass is 416 g/mol. The predicted octanol–water partition coefficient (Wildman–Crippen LogP) is 1.66. The van der Waals surface area contributed by atoms with Gasteiger partial charge in [0.25, 0.3) is 0 Å². The highest BCUT2D eigenvalue weighted by Gasteiger charge is 2.23. The molecule has 0 atom stereocenters. The van der Waals surface area contributed by atoms with Crippen molar-refractivity contribution in [3.63, 3.8) is 0 Å². The minimum atomic E-state index is -3.63. The number of anilines is 3. The molecule has 3 rings (SSSR count). The fourth-order valence-corrected chi connectivity index (χ4v) is 4.32. The minimum absolute atomic E-state index is 0.197. The van der Waals surface area contributed by atoms with Crippen LogP contribution in [0.25, 0.3) is 0 Å². The van der Waals surface area contributed by atoms with Gasteiger partial charge >= 0.3 is 0 Å². The molecule has 3 aromatic rings. The largest absolute Gasteiger partial charge is 0.369 e. The first kappa shape index (κ1) is 20.7. The van der Waals surface area contributed by atoms with Gasteiger partial charge in [-0.15, -0.1) is 0 Å². The molecule has 3 heterocycles. The third-order valence-corrected chi connectivity index (χ3v) is 5.99. The van der Waals surface area contributed by atoms with Crippen molar-refractivity contribution in [1.29, 1.82) is 0 Å². The SMILES string of the molecule is Cc1ccnc(Nc2cc(NCCNS(=O)(=O)c3c(C)nn(C)c3C)ncn2)c1. The molecule has 0 bridgehead atoms. The predicted molar refractivity (Wildman–Crippen MR) is 111 cm³/mol. The second-order valence-corrected chi connectivity index (χ2v) is 8.28. The molecule has 0 unspecified atom stereocenters. The standard InChI is InChI=1S/C18H24N8O2S/c1-12-5-6-19-16(9-12)24-17-10-15(21-11-22-17)20-7-8-23-29(27,28)18-13(2)25-26(4)14(18)3/h5-6,9-11,23H,7-8H2,1-4H3,(H2,19,20,21,22,24). The van der Waals surface area contributed by atoms with Gasteiger partial charge in [0.05, 0.1) is 11.4 Å². The normalized spacial score (nSPS) is 11.4. The summed E-state index contributed by atoms with van der Waals surface area (Å²) in [6, 6.07) is 5.55. The third-order valence-electron chi connectivity index (χ3n) is 4.27. The zero-order chi connectivity index (χ0) is 21.0. The molecule has 0 saturated heterocycles. The maximum absolute atomic E-state index is 12.5. The van der Waals surface area contributed by atoms with Gasteiger partial charge in [-0.05, 0) is 38.5 Å². The number of rotatable bonds is 8. The van der Waals surface area contributed by atoms with Crippen LogP contribution in [0.15, 0.2) is 35.6 Å². The molecule has 0 aliphatic carbocycles. The Labute approximate surface area is 169 Å². The van der Waals surface area contributed by atoms with Crippen LogP contribution in [0.1, 0.15) is 17.0 Å². The lowest BCUT2D eigenvalue weighted by Gasteiger charge is -2.10. The first-order valence-corrected chi connectivity index (χ1v) is 10.5. The average Bonchev–Trinajstić information content (AvgIpc) is 2.92. The van der Waals surface area contributed by atoms with Crippen molar-refractivity contribution in [2.24, 2.45) is 7.05 Å². The molecule has 3 N–H and O–H groups in total. The van der Waals surface area contributed by atoms with Crippen LogP contribution in [-0.2, 0) is 17.1 Å². The number of aryl methyl sites for hydroxylation is 3. The number of sulfonamides is 1. The lowest BCUT2D eigenvalue weighted by Crippen LogP contribution is -2.29. The summed E-state index contributed by atoms with van der Waals surface area (Å²) in [5.41, 5.74) is 2.15. The molecule has 0 saturated carbocycles. The van der Waals surface area contributed by atoms with Crippen LogP contribution in [0.4, 0.5) is 17.5 Å². The fraction of sp³-hybridized carbons (Fsp3) is 0.333. The van der Waals surface area contributed by atoms with E-state index in [-0.39, 0.29) is 11.4 Å². The topological polar surface area (TPSA) is 127 Å². The third kappa shape index (κ3) is 5.06. The summed E-state index contributed by atoms with van der Waals surface area (Å²) in [7, 11) is -1.92. The Bertz CT molecular complexity index is 1110. The molecular formula is C18H24N8O2S. The maximum atomic E-state index is 12.5. The van der Waals surface area contributed by atoms with Crippen molar-refractivity contribution < 1.29 is 8.42 Å². The van der Waals surface area contributed by atoms with Crippen LogP contribution in [0.5, 0.6) is 0 Å². The van der Waals surface area contributed by atoms with Crippen LogP contribution < -0.4 is 15.4 Å². The highest BCUT2D eigenvalue weighted by atomic mass is 32.2. The van der Waals surface area contributed by atoms with Gasteiger partial charge in [-0.25, -0.2) is 28.1 Å². The van der Waals surface area contributed by atoms with Crippen molar-refractivity contribution >= 4 is 27.5 Å². The van der Waals surface area contributed by atoms with Gasteiger partial charge in [0.1, 0.15) is 28.7 Å². The van der Waals surface area contributed by atoms with E-state index < -0.39 is 10.0 Å². The van der Waals surface area contributed by atoms with E-state index in [0.717, 1.165) is 5.56 Å². The summed E-state index contributed by atoms with van der Waals surface area (Å²) in [6.45, 7) is 5.94. The van der Waals surface area contributed by atoms with E-state index in [9.17, 15) is 8.42 Å². The van der Waals surface area contributed by atoms with E-state index in [1.54, 1.807) is 37.8 Å². The van der Waals surface area contributed by atoms with Crippen LogP contribution in [0.3, 0.4) is 0 Å². The van der Waals surface area contributed by atoms with E-state index in [2.05, 4.69) is 35.4 Å². The van der Waals surface area contributed by atoms with Crippen LogP contribution >= 0.6 is 0 Å². The Morgan fingerprint density at radius 3 is 2.41 bits per heavy atom. The van der Waals surface area contributed by atoms with E-state index in [1.807, 2.05) is 19.1 Å². The molecule has 154 valence electrons. The zero-order valence-corrected chi connectivity index (χ0v) is 17.6. The zero-order valence-electron chi connectivity index (χ0n) is 16.8. The Balaban J connectivity index is 1.57. The van der Waals surface area contributed by atoms with Crippen molar-refractivity contribution in [3.05, 3.63) is 47.7 Å². The molecule has 10 nitrogen and oxygen atoms in total. The number of hydrogen-bond donors (Lipinski definition) is 3.